The number of hydrogen-bond acceptors (Lipinski definition) is 3. The van der Waals surface area contributed by atoms with Gasteiger partial charge in [-0.15, -0.1) is 0 Å². The van der Waals surface area contributed by atoms with E-state index in [4.69, 9.17) is 23.2 Å². The minimum Gasteiger partial charge on any atom is -0.355 e. The van der Waals surface area contributed by atoms with Crippen molar-refractivity contribution in [3.05, 3.63) is 33.8 Å². The van der Waals surface area contributed by atoms with Crippen LogP contribution in [0.4, 0.5) is 13.2 Å². The van der Waals surface area contributed by atoms with Crippen LogP contribution in [0.5, 0.6) is 0 Å². The number of halogens is 5. The Labute approximate surface area is 170 Å². The predicted molar refractivity (Wildman–Crippen MR) is 102 cm³/mol. The summed E-state index contributed by atoms with van der Waals surface area (Å²) in [6.07, 6.45) is -3.30. The van der Waals surface area contributed by atoms with Crippen molar-refractivity contribution in [2.45, 2.75) is 25.9 Å². The van der Waals surface area contributed by atoms with Gasteiger partial charge in [0, 0.05) is 19.6 Å². The molecule has 2 rings (SSSR count). The molecule has 1 aliphatic heterocycles. The minimum absolute atomic E-state index is 0.0324. The van der Waals surface area contributed by atoms with Gasteiger partial charge in [-0.1, -0.05) is 29.3 Å². The molecule has 0 saturated carbocycles. The zero-order valence-corrected chi connectivity index (χ0v) is 16.7. The van der Waals surface area contributed by atoms with Crippen molar-refractivity contribution in [2.75, 3.05) is 26.2 Å². The molecule has 0 spiro atoms. The molecule has 28 heavy (non-hydrogen) atoms. The normalized spacial score (nSPS) is 18.8. The monoisotopic (exact) mass is 437 g/mol. The lowest BCUT2D eigenvalue weighted by atomic mass is 10.1. The third kappa shape index (κ3) is 6.10. The fourth-order valence-corrected chi connectivity index (χ4v) is 3.18. The van der Waals surface area contributed by atoms with E-state index < -0.39 is 30.5 Å². The lowest BCUT2D eigenvalue weighted by molar-refractivity contribution is -0.123. The first kappa shape index (κ1) is 22.5. The van der Waals surface area contributed by atoms with Crippen LogP contribution in [0.3, 0.4) is 0 Å². The van der Waals surface area contributed by atoms with Gasteiger partial charge in [-0.05, 0) is 37.5 Å². The highest BCUT2D eigenvalue weighted by atomic mass is 35.5. The summed E-state index contributed by atoms with van der Waals surface area (Å²) < 4.78 is 37.4. The largest absolute Gasteiger partial charge is 0.407 e. The number of hydrogen-bond donors (Lipinski definition) is 1. The molecule has 2 amide bonds. The average Bonchev–Trinajstić information content (AvgIpc) is 2.95. The summed E-state index contributed by atoms with van der Waals surface area (Å²) in [6.45, 7) is 0.849. The van der Waals surface area contributed by atoms with Gasteiger partial charge in [-0.2, -0.15) is 13.2 Å². The zero-order chi connectivity index (χ0) is 20.9. The summed E-state index contributed by atoms with van der Waals surface area (Å²) in [7, 11) is 0. The third-order valence-electron chi connectivity index (χ3n) is 4.29. The van der Waals surface area contributed by atoms with E-state index in [2.05, 4.69) is 10.3 Å². The predicted octanol–water partition coefficient (Wildman–Crippen LogP) is 3.52. The van der Waals surface area contributed by atoms with E-state index in [9.17, 15) is 22.8 Å². The van der Waals surface area contributed by atoms with E-state index in [-0.39, 0.29) is 12.3 Å². The van der Waals surface area contributed by atoms with E-state index in [1.54, 1.807) is 19.1 Å². The summed E-state index contributed by atoms with van der Waals surface area (Å²) in [5.41, 5.74) is 0.616. The van der Waals surface area contributed by atoms with Gasteiger partial charge < -0.3 is 10.2 Å². The van der Waals surface area contributed by atoms with Gasteiger partial charge in [0.1, 0.15) is 18.2 Å². The zero-order valence-electron chi connectivity index (χ0n) is 15.2. The Bertz CT molecular complexity index is 769. The third-order valence-corrected chi connectivity index (χ3v) is 5.03. The first-order valence-electron chi connectivity index (χ1n) is 8.74. The summed E-state index contributed by atoms with van der Waals surface area (Å²) in [5.74, 6) is -2.12. The molecule has 0 aliphatic carbocycles. The average molecular weight is 438 g/mol. The molecule has 1 aromatic carbocycles. The van der Waals surface area contributed by atoms with Crippen molar-refractivity contribution in [1.29, 1.82) is 0 Å². The lowest BCUT2D eigenvalue weighted by Crippen LogP contribution is -2.36. The second-order valence-corrected chi connectivity index (χ2v) is 7.17. The number of alkyl halides is 3. The molecule has 1 unspecified atom stereocenters. The highest BCUT2D eigenvalue weighted by Crippen LogP contribution is 2.23. The Kier molecular flexibility index (Phi) is 7.71. The number of amides is 2. The quantitative estimate of drug-likeness (QED) is 0.663. The van der Waals surface area contributed by atoms with E-state index >= 15 is 0 Å². The maximum absolute atomic E-state index is 12.5. The molecule has 1 saturated heterocycles. The van der Waals surface area contributed by atoms with Crippen molar-refractivity contribution in [3.63, 3.8) is 0 Å². The van der Waals surface area contributed by atoms with Gasteiger partial charge in [0.2, 0.25) is 5.91 Å². The van der Waals surface area contributed by atoms with E-state index in [1.807, 2.05) is 6.07 Å². The minimum atomic E-state index is -4.53. The number of likely N-dealkylation sites (tertiary alicyclic amines) is 1. The Balaban J connectivity index is 1.93. The fourth-order valence-electron chi connectivity index (χ4n) is 2.86. The lowest BCUT2D eigenvalue weighted by Gasteiger charge is -2.13. The first-order chi connectivity index (χ1) is 13.1. The molecule has 154 valence electrons. The molecule has 0 bridgehead atoms. The van der Waals surface area contributed by atoms with Gasteiger partial charge >= 0.3 is 6.18 Å². The number of aryl methyl sites for hydroxylation is 1. The smallest absolute Gasteiger partial charge is 0.355 e. The molecular formula is C18H20Cl2F3N3O2. The summed E-state index contributed by atoms with van der Waals surface area (Å²) in [4.78, 5) is 29.3. The molecule has 1 aromatic rings. The second kappa shape index (κ2) is 9.60. The van der Waals surface area contributed by atoms with Crippen molar-refractivity contribution < 1.29 is 22.8 Å². The summed E-state index contributed by atoms with van der Waals surface area (Å²) in [6, 6.07) is 5.25. The van der Waals surface area contributed by atoms with Crippen LogP contribution in [0.15, 0.2) is 23.2 Å². The number of benzene rings is 1. The Morgan fingerprint density at radius 3 is 2.64 bits per heavy atom. The topological polar surface area (TPSA) is 61.8 Å². The van der Waals surface area contributed by atoms with Crippen LogP contribution < -0.4 is 5.32 Å². The fraction of sp³-hybridized carbons (Fsp3) is 0.500. The highest BCUT2D eigenvalue weighted by Gasteiger charge is 2.41. The van der Waals surface area contributed by atoms with Gasteiger partial charge in [0.25, 0.3) is 5.91 Å². The number of carbonyl (C=O) groups is 2. The Hall–Kier alpha value is -1.80. The molecule has 1 heterocycles. The second-order valence-electron chi connectivity index (χ2n) is 6.36. The van der Waals surface area contributed by atoms with Crippen LogP contribution in [0.2, 0.25) is 10.0 Å². The van der Waals surface area contributed by atoms with Gasteiger partial charge in [0.05, 0.1) is 10.0 Å². The first-order valence-corrected chi connectivity index (χ1v) is 9.50. The molecule has 1 atom stereocenters. The van der Waals surface area contributed by atoms with Crippen LogP contribution in [-0.4, -0.2) is 54.8 Å². The molecule has 10 heteroatoms. The summed E-state index contributed by atoms with van der Waals surface area (Å²) in [5, 5.41) is 3.57. The van der Waals surface area contributed by atoms with Gasteiger partial charge in [-0.25, -0.2) is 0 Å². The van der Waals surface area contributed by atoms with Crippen molar-refractivity contribution in [2.24, 2.45) is 10.9 Å². The highest BCUT2D eigenvalue weighted by molar-refractivity contribution is 6.45. The number of nitrogens with zero attached hydrogens (tertiary/aromatic N) is 2. The SMILES string of the molecule is CCN1CC(C(=O)NCCCc2ccc(Cl)c(Cl)c2)C(=NCC(F)(F)F)C1=O. The molecule has 5 nitrogen and oxygen atoms in total. The number of carbonyl (C=O) groups excluding carboxylic acids is 2. The van der Waals surface area contributed by atoms with Crippen molar-refractivity contribution >= 4 is 40.7 Å². The molecule has 1 N–H and O–H groups in total. The number of nitrogens with one attached hydrogen (secondary N) is 1. The number of aliphatic imine (C=N–C) groups is 1. The summed E-state index contributed by atoms with van der Waals surface area (Å²) >= 11 is 11.8. The Morgan fingerprint density at radius 1 is 1.32 bits per heavy atom. The van der Waals surface area contributed by atoms with E-state index in [0.717, 1.165) is 5.56 Å². The van der Waals surface area contributed by atoms with Gasteiger partial charge in [0.15, 0.2) is 0 Å². The van der Waals surface area contributed by atoms with E-state index in [0.29, 0.717) is 36.0 Å². The molecule has 1 fully saturated rings. The maximum Gasteiger partial charge on any atom is 0.407 e. The van der Waals surface area contributed by atoms with Crippen LogP contribution >= 0.6 is 23.2 Å². The van der Waals surface area contributed by atoms with Crippen LogP contribution in [0.1, 0.15) is 18.9 Å². The molecule has 1 aliphatic rings. The molecular weight excluding hydrogens is 418 g/mol. The van der Waals surface area contributed by atoms with Crippen LogP contribution in [-0.2, 0) is 16.0 Å². The van der Waals surface area contributed by atoms with E-state index in [1.165, 1.54) is 4.90 Å². The molecule has 0 radical (unpaired) electrons. The Morgan fingerprint density at radius 2 is 2.04 bits per heavy atom. The number of rotatable bonds is 7. The van der Waals surface area contributed by atoms with Crippen LogP contribution in [0, 0.1) is 5.92 Å². The molecule has 0 aromatic heterocycles. The maximum atomic E-state index is 12.5. The van der Waals surface area contributed by atoms with Gasteiger partial charge in [-0.3, -0.25) is 14.6 Å². The van der Waals surface area contributed by atoms with Crippen molar-refractivity contribution in [1.82, 2.24) is 10.2 Å². The van der Waals surface area contributed by atoms with Crippen molar-refractivity contribution in [3.8, 4) is 0 Å². The van der Waals surface area contributed by atoms with Crippen LogP contribution in [0.25, 0.3) is 0 Å². The standard InChI is InChI=1S/C18H20Cl2F3N3O2/c1-2-26-9-12(15(17(26)28)25-10-18(21,22)23)16(27)24-7-3-4-11-5-6-13(19)14(20)8-11/h5-6,8,12H,2-4,7,9-10H2,1H3,(H,24,27).